The van der Waals surface area contributed by atoms with E-state index in [2.05, 4.69) is 5.32 Å². The molecule has 0 bridgehead atoms. The number of amides is 2. The van der Waals surface area contributed by atoms with Gasteiger partial charge in [-0.15, -0.1) is 0 Å². The van der Waals surface area contributed by atoms with Crippen LogP contribution in [0.15, 0.2) is 77.7 Å². The molecule has 3 aromatic carbocycles. The van der Waals surface area contributed by atoms with Crippen LogP contribution in [0.1, 0.15) is 49.3 Å². The Morgan fingerprint density at radius 2 is 1.61 bits per heavy atom. The number of hydrogen-bond acceptors (Lipinski definition) is 5. The number of anilines is 1. The first-order valence-corrected chi connectivity index (χ1v) is 15.4. The topological polar surface area (TPSA) is 96.0 Å². The van der Waals surface area contributed by atoms with E-state index in [-0.39, 0.29) is 23.4 Å². The number of ether oxygens (including phenoxy) is 1. The highest BCUT2D eigenvalue weighted by molar-refractivity contribution is 7.92. The number of carbonyl (C=O) groups is 2. The van der Waals surface area contributed by atoms with E-state index in [9.17, 15) is 18.0 Å². The molecule has 0 unspecified atom stereocenters. The lowest BCUT2D eigenvalue weighted by Gasteiger charge is -2.32. The molecule has 0 radical (unpaired) electrons. The van der Waals surface area contributed by atoms with E-state index in [1.54, 1.807) is 43.3 Å². The standard InChI is InChI=1S/C32H39N3O5S/c1-23-12-14-28(15-13-23)35(41(38,39)30-18-16-29(40-4)17-19-30)22-31(36)34(21-26-9-7-8-24(2)20-26)25(3)32(37)33-27-10-5-6-11-27/h7-9,12-20,25,27H,5-6,10-11,21-22H2,1-4H3,(H,33,37)/t25-/m1/s1. The van der Waals surface area contributed by atoms with E-state index in [1.807, 2.05) is 38.1 Å². The number of carbonyl (C=O) groups excluding carboxylic acids is 2. The molecular formula is C32H39N3O5S. The number of benzene rings is 3. The van der Waals surface area contributed by atoms with Gasteiger partial charge in [0.15, 0.2) is 0 Å². The van der Waals surface area contributed by atoms with Crippen molar-refractivity contribution in [2.24, 2.45) is 0 Å². The Morgan fingerprint density at radius 3 is 2.22 bits per heavy atom. The molecule has 8 nitrogen and oxygen atoms in total. The van der Waals surface area contributed by atoms with E-state index in [0.717, 1.165) is 46.7 Å². The van der Waals surface area contributed by atoms with Gasteiger partial charge in [0.2, 0.25) is 11.8 Å². The lowest BCUT2D eigenvalue weighted by atomic mass is 10.1. The van der Waals surface area contributed by atoms with Gasteiger partial charge < -0.3 is 15.0 Å². The van der Waals surface area contributed by atoms with Crippen molar-refractivity contribution in [2.75, 3.05) is 18.0 Å². The maximum absolute atomic E-state index is 14.1. The minimum atomic E-state index is -4.13. The van der Waals surface area contributed by atoms with Gasteiger partial charge in [0.05, 0.1) is 17.7 Å². The van der Waals surface area contributed by atoms with Crippen LogP contribution in [0.5, 0.6) is 5.75 Å². The number of methoxy groups -OCH3 is 1. The summed E-state index contributed by atoms with van der Waals surface area (Å²) in [5.74, 6) is -0.190. The third-order valence-electron chi connectivity index (χ3n) is 7.55. The lowest BCUT2D eigenvalue weighted by molar-refractivity contribution is -0.139. The highest BCUT2D eigenvalue weighted by Gasteiger charge is 2.33. The SMILES string of the molecule is COc1ccc(S(=O)(=O)N(CC(=O)N(Cc2cccc(C)c2)[C@H](C)C(=O)NC2CCCC2)c2ccc(C)cc2)cc1. The number of aryl methyl sites for hydroxylation is 2. The quantitative estimate of drug-likeness (QED) is 0.347. The molecule has 41 heavy (non-hydrogen) atoms. The first kappa shape index (κ1) is 30.1. The molecule has 2 amide bonds. The van der Waals surface area contributed by atoms with E-state index in [1.165, 1.54) is 24.1 Å². The molecule has 3 aromatic rings. The van der Waals surface area contributed by atoms with Crippen LogP contribution in [0, 0.1) is 13.8 Å². The maximum Gasteiger partial charge on any atom is 0.264 e. The predicted octanol–water partition coefficient (Wildman–Crippen LogP) is 4.98. The van der Waals surface area contributed by atoms with Crippen molar-refractivity contribution >= 4 is 27.5 Å². The predicted molar refractivity (Wildman–Crippen MR) is 160 cm³/mol. The van der Waals surface area contributed by atoms with Crippen molar-refractivity contribution in [2.45, 2.75) is 70.0 Å². The molecule has 0 aromatic heterocycles. The fourth-order valence-electron chi connectivity index (χ4n) is 5.10. The molecule has 1 saturated carbocycles. The van der Waals surface area contributed by atoms with Gasteiger partial charge in [0.1, 0.15) is 18.3 Å². The van der Waals surface area contributed by atoms with Gasteiger partial charge in [-0.2, -0.15) is 0 Å². The Bertz CT molecular complexity index is 1450. The normalized spacial score (nSPS) is 14.3. The largest absolute Gasteiger partial charge is 0.497 e. The second kappa shape index (κ2) is 13.2. The minimum Gasteiger partial charge on any atom is -0.497 e. The minimum absolute atomic E-state index is 0.0314. The zero-order chi connectivity index (χ0) is 29.6. The highest BCUT2D eigenvalue weighted by atomic mass is 32.2. The van der Waals surface area contributed by atoms with Crippen molar-refractivity contribution in [1.82, 2.24) is 10.2 Å². The molecule has 1 N–H and O–H groups in total. The maximum atomic E-state index is 14.1. The average molecular weight is 578 g/mol. The first-order valence-electron chi connectivity index (χ1n) is 14.0. The van der Waals surface area contributed by atoms with Gasteiger partial charge in [0.25, 0.3) is 10.0 Å². The Hall–Kier alpha value is -3.85. The smallest absolute Gasteiger partial charge is 0.264 e. The number of sulfonamides is 1. The fraction of sp³-hybridized carbons (Fsp3) is 0.375. The van der Waals surface area contributed by atoms with Gasteiger partial charge in [-0.1, -0.05) is 60.4 Å². The third kappa shape index (κ3) is 7.47. The second-order valence-corrected chi connectivity index (χ2v) is 12.6. The zero-order valence-corrected chi connectivity index (χ0v) is 25.0. The molecule has 1 aliphatic rings. The monoisotopic (exact) mass is 577 g/mol. The summed E-state index contributed by atoms with van der Waals surface area (Å²) in [5, 5.41) is 3.09. The number of hydrogen-bond donors (Lipinski definition) is 1. The van der Waals surface area contributed by atoms with Gasteiger partial charge in [-0.25, -0.2) is 8.42 Å². The van der Waals surface area contributed by atoms with Crippen molar-refractivity contribution in [3.63, 3.8) is 0 Å². The Kier molecular flexibility index (Phi) is 9.70. The molecule has 9 heteroatoms. The summed E-state index contributed by atoms with van der Waals surface area (Å²) in [6, 6.07) is 20.1. The van der Waals surface area contributed by atoms with E-state index < -0.39 is 28.5 Å². The molecule has 1 atom stereocenters. The molecule has 218 valence electrons. The number of rotatable bonds is 11. The molecule has 0 spiro atoms. The summed E-state index contributed by atoms with van der Waals surface area (Å²) in [5.41, 5.74) is 3.21. The van der Waals surface area contributed by atoms with Crippen LogP contribution >= 0.6 is 0 Å². The second-order valence-electron chi connectivity index (χ2n) is 10.7. The van der Waals surface area contributed by atoms with Crippen LogP contribution < -0.4 is 14.4 Å². The molecular weight excluding hydrogens is 538 g/mol. The van der Waals surface area contributed by atoms with Crippen LogP contribution in [0.25, 0.3) is 0 Å². The fourth-order valence-corrected chi connectivity index (χ4v) is 6.51. The molecule has 1 fully saturated rings. The highest BCUT2D eigenvalue weighted by Crippen LogP contribution is 2.26. The van der Waals surface area contributed by atoms with Crippen molar-refractivity contribution < 1.29 is 22.7 Å². The van der Waals surface area contributed by atoms with Gasteiger partial charge >= 0.3 is 0 Å². The average Bonchev–Trinajstić information content (AvgIpc) is 3.48. The van der Waals surface area contributed by atoms with E-state index in [0.29, 0.717) is 11.4 Å². The van der Waals surface area contributed by atoms with Crippen molar-refractivity contribution in [3.05, 3.63) is 89.5 Å². The summed E-state index contributed by atoms with van der Waals surface area (Å²) < 4.78 is 34.2. The molecule has 0 heterocycles. The van der Waals surface area contributed by atoms with Crippen LogP contribution in [-0.4, -0.2) is 50.9 Å². The van der Waals surface area contributed by atoms with Gasteiger partial charge in [0, 0.05) is 12.6 Å². The molecule has 0 aliphatic heterocycles. The summed E-state index contributed by atoms with van der Waals surface area (Å²) in [6.07, 6.45) is 3.98. The lowest BCUT2D eigenvalue weighted by Crippen LogP contribution is -2.52. The molecule has 1 aliphatic carbocycles. The number of nitrogens with one attached hydrogen (secondary N) is 1. The van der Waals surface area contributed by atoms with Crippen molar-refractivity contribution in [1.29, 1.82) is 0 Å². The molecule has 4 rings (SSSR count). The van der Waals surface area contributed by atoms with Gasteiger partial charge in [-0.05, 0) is 75.6 Å². The zero-order valence-electron chi connectivity index (χ0n) is 24.2. The van der Waals surface area contributed by atoms with Crippen molar-refractivity contribution in [3.8, 4) is 5.75 Å². The Balaban J connectivity index is 1.68. The van der Waals surface area contributed by atoms with Gasteiger partial charge in [-0.3, -0.25) is 13.9 Å². The Labute approximate surface area is 243 Å². The summed E-state index contributed by atoms with van der Waals surface area (Å²) in [7, 11) is -2.63. The molecule has 0 saturated heterocycles. The van der Waals surface area contributed by atoms with Crippen LogP contribution in [-0.2, 0) is 26.2 Å². The summed E-state index contributed by atoms with van der Waals surface area (Å²) in [6.45, 7) is 5.28. The van der Waals surface area contributed by atoms with Crippen LogP contribution in [0.4, 0.5) is 5.69 Å². The summed E-state index contributed by atoms with van der Waals surface area (Å²) >= 11 is 0. The van der Waals surface area contributed by atoms with Crippen LogP contribution in [0.2, 0.25) is 0 Å². The summed E-state index contributed by atoms with van der Waals surface area (Å²) in [4.78, 5) is 28.9. The van der Waals surface area contributed by atoms with Crippen LogP contribution in [0.3, 0.4) is 0 Å². The van der Waals surface area contributed by atoms with E-state index in [4.69, 9.17) is 4.74 Å². The van der Waals surface area contributed by atoms with E-state index >= 15 is 0 Å². The third-order valence-corrected chi connectivity index (χ3v) is 9.34. The Morgan fingerprint density at radius 1 is 0.951 bits per heavy atom. The number of nitrogens with zero attached hydrogens (tertiary/aromatic N) is 2. The first-order chi connectivity index (χ1) is 19.6.